The molecule has 0 saturated carbocycles. The van der Waals surface area contributed by atoms with Crippen LogP contribution < -0.4 is 9.62 Å². The third kappa shape index (κ3) is 8.35. The van der Waals surface area contributed by atoms with Crippen molar-refractivity contribution < 1.29 is 18.0 Å². The minimum Gasteiger partial charge on any atom is -0.352 e. The molecule has 44 heavy (non-hydrogen) atoms. The van der Waals surface area contributed by atoms with Crippen molar-refractivity contribution in [1.29, 1.82) is 0 Å². The van der Waals surface area contributed by atoms with Gasteiger partial charge in [0.2, 0.25) is 11.8 Å². The fraction of sp³-hybridized carbons (Fsp3) is 0.278. The number of nitrogens with one attached hydrogen (secondary N) is 1. The van der Waals surface area contributed by atoms with Crippen LogP contribution in [0.25, 0.3) is 0 Å². The van der Waals surface area contributed by atoms with Crippen molar-refractivity contribution in [2.75, 3.05) is 10.8 Å². The quantitative estimate of drug-likeness (QED) is 0.204. The third-order valence-electron chi connectivity index (χ3n) is 7.38. The van der Waals surface area contributed by atoms with E-state index >= 15 is 0 Å². The average molecular weight is 612 g/mol. The predicted molar refractivity (Wildman–Crippen MR) is 176 cm³/mol. The SMILES string of the molecule is CCc1ccc(N(CC(=O)N(Cc2cccc(C)c2)[C@H](Cc2ccccc2)C(=O)NC(C)C)S(=O)(=O)c2ccccc2)cc1. The highest BCUT2D eigenvalue weighted by Gasteiger charge is 2.34. The van der Waals surface area contributed by atoms with Gasteiger partial charge in [-0.25, -0.2) is 8.42 Å². The molecule has 0 fully saturated rings. The van der Waals surface area contributed by atoms with Crippen LogP contribution in [0.5, 0.6) is 0 Å². The molecule has 0 radical (unpaired) electrons. The molecule has 0 heterocycles. The average Bonchev–Trinajstić information content (AvgIpc) is 3.02. The summed E-state index contributed by atoms with van der Waals surface area (Å²) in [6.45, 7) is 7.40. The molecule has 4 aromatic carbocycles. The van der Waals surface area contributed by atoms with E-state index in [1.165, 1.54) is 17.0 Å². The monoisotopic (exact) mass is 611 g/mol. The number of aryl methyl sites for hydroxylation is 2. The van der Waals surface area contributed by atoms with E-state index in [-0.39, 0.29) is 29.8 Å². The molecule has 0 bridgehead atoms. The van der Waals surface area contributed by atoms with E-state index in [0.29, 0.717) is 5.69 Å². The first kappa shape index (κ1) is 32.5. The van der Waals surface area contributed by atoms with Crippen LogP contribution in [0, 0.1) is 6.92 Å². The fourth-order valence-corrected chi connectivity index (χ4v) is 6.52. The largest absolute Gasteiger partial charge is 0.352 e. The van der Waals surface area contributed by atoms with Crippen molar-refractivity contribution in [1.82, 2.24) is 10.2 Å². The Labute approximate surface area is 261 Å². The van der Waals surface area contributed by atoms with Crippen LogP contribution in [0.4, 0.5) is 5.69 Å². The van der Waals surface area contributed by atoms with Crippen molar-refractivity contribution in [2.24, 2.45) is 0 Å². The Bertz CT molecular complexity index is 1640. The first-order chi connectivity index (χ1) is 21.1. The van der Waals surface area contributed by atoms with Gasteiger partial charge in [0.1, 0.15) is 12.6 Å². The van der Waals surface area contributed by atoms with E-state index < -0.39 is 28.5 Å². The first-order valence-corrected chi connectivity index (χ1v) is 16.4. The number of nitrogens with zero attached hydrogens (tertiary/aromatic N) is 2. The molecule has 8 heteroatoms. The van der Waals surface area contributed by atoms with E-state index in [0.717, 1.165) is 33.0 Å². The summed E-state index contributed by atoms with van der Waals surface area (Å²) in [6.07, 6.45) is 1.06. The molecule has 0 aliphatic carbocycles. The fourth-order valence-electron chi connectivity index (χ4n) is 5.09. The number of rotatable bonds is 13. The number of hydrogen-bond donors (Lipinski definition) is 1. The topological polar surface area (TPSA) is 86.8 Å². The Morgan fingerprint density at radius 2 is 1.39 bits per heavy atom. The summed E-state index contributed by atoms with van der Waals surface area (Å²) in [7, 11) is -4.12. The van der Waals surface area contributed by atoms with Gasteiger partial charge in [0, 0.05) is 19.0 Å². The van der Waals surface area contributed by atoms with Crippen molar-refractivity contribution in [2.45, 2.75) is 64.1 Å². The Morgan fingerprint density at radius 1 is 0.773 bits per heavy atom. The molecule has 0 aliphatic heterocycles. The van der Waals surface area contributed by atoms with Gasteiger partial charge in [0.15, 0.2) is 0 Å². The van der Waals surface area contributed by atoms with Gasteiger partial charge in [-0.15, -0.1) is 0 Å². The van der Waals surface area contributed by atoms with Gasteiger partial charge < -0.3 is 10.2 Å². The normalized spacial score (nSPS) is 12.0. The van der Waals surface area contributed by atoms with Crippen LogP contribution >= 0.6 is 0 Å². The molecule has 4 aromatic rings. The number of anilines is 1. The molecule has 1 atom stereocenters. The summed E-state index contributed by atoms with van der Waals surface area (Å²) < 4.78 is 29.3. The Morgan fingerprint density at radius 3 is 1.98 bits per heavy atom. The molecule has 1 N–H and O–H groups in total. The number of hydrogen-bond acceptors (Lipinski definition) is 4. The lowest BCUT2D eigenvalue weighted by atomic mass is 10.0. The van der Waals surface area contributed by atoms with Gasteiger partial charge in [-0.3, -0.25) is 13.9 Å². The Balaban J connectivity index is 1.80. The van der Waals surface area contributed by atoms with E-state index in [1.54, 1.807) is 30.3 Å². The smallest absolute Gasteiger partial charge is 0.264 e. The highest BCUT2D eigenvalue weighted by molar-refractivity contribution is 7.92. The van der Waals surface area contributed by atoms with Crippen LogP contribution in [-0.4, -0.2) is 43.8 Å². The van der Waals surface area contributed by atoms with Gasteiger partial charge in [-0.1, -0.05) is 97.4 Å². The molecular formula is C36H41N3O4S. The minimum atomic E-state index is -4.12. The number of sulfonamides is 1. The van der Waals surface area contributed by atoms with Gasteiger partial charge in [0.25, 0.3) is 10.0 Å². The molecular weight excluding hydrogens is 570 g/mol. The lowest BCUT2D eigenvalue weighted by Crippen LogP contribution is -2.54. The molecule has 230 valence electrons. The van der Waals surface area contributed by atoms with Gasteiger partial charge >= 0.3 is 0 Å². The lowest BCUT2D eigenvalue weighted by Gasteiger charge is -2.34. The zero-order valence-electron chi connectivity index (χ0n) is 25.8. The molecule has 4 rings (SSSR count). The number of benzene rings is 4. The van der Waals surface area contributed by atoms with Crippen molar-refractivity contribution in [3.8, 4) is 0 Å². The molecule has 0 spiro atoms. The second-order valence-electron chi connectivity index (χ2n) is 11.2. The van der Waals surface area contributed by atoms with Gasteiger partial charge in [0.05, 0.1) is 10.6 Å². The van der Waals surface area contributed by atoms with Gasteiger partial charge in [-0.2, -0.15) is 0 Å². The zero-order chi connectivity index (χ0) is 31.7. The maximum absolute atomic E-state index is 14.5. The third-order valence-corrected chi connectivity index (χ3v) is 9.17. The lowest BCUT2D eigenvalue weighted by molar-refractivity contribution is -0.140. The summed E-state index contributed by atoms with van der Waals surface area (Å²) in [4.78, 5) is 29.8. The van der Waals surface area contributed by atoms with E-state index in [2.05, 4.69) is 5.32 Å². The summed E-state index contributed by atoms with van der Waals surface area (Å²) in [5.74, 6) is -0.778. The second-order valence-corrected chi connectivity index (χ2v) is 13.1. The molecule has 0 aliphatic rings. The predicted octanol–water partition coefficient (Wildman–Crippen LogP) is 5.92. The minimum absolute atomic E-state index is 0.0796. The van der Waals surface area contributed by atoms with Crippen LogP contribution in [0.3, 0.4) is 0 Å². The van der Waals surface area contributed by atoms with Crippen LogP contribution in [0.15, 0.2) is 114 Å². The van der Waals surface area contributed by atoms with Gasteiger partial charge in [-0.05, 0) is 68.1 Å². The Hall–Kier alpha value is -4.43. The Kier molecular flexibility index (Phi) is 11.0. The van der Waals surface area contributed by atoms with Crippen molar-refractivity contribution in [3.63, 3.8) is 0 Å². The highest BCUT2D eigenvalue weighted by Crippen LogP contribution is 2.26. The second kappa shape index (κ2) is 14.8. The molecule has 2 amide bonds. The van der Waals surface area contributed by atoms with E-state index in [9.17, 15) is 18.0 Å². The summed E-state index contributed by atoms with van der Waals surface area (Å²) in [5.41, 5.74) is 4.18. The number of carbonyl (C=O) groups excluding carboxylic acids is 2. The standard InChI is InChI=1S/C36H41N3O4S/c1-5-29-19-21-32(22-20-29)39(44(42,43)33-17-10-7-11-18-33)26-35(40)38(25-31-16-12-13-28(4)23-31)34(36(41)37-27(2)3)24-30-14-8-6-9-15-30/h6-23,27,34H,5,24-26H2,1-4H3,(H,37,41)/t34-/m1/s1. The molecule has 7 nitrogen and oxygen atoms in total. The van der Waals surface area contributed by atoms with E-state index in [4.69, 9.17) is 0 Å². The van der Waals surface area contributed by atoms with Crippen molar-refractivity contribution in [3.05, 3.63) is 131 Å². The summed E-state index contributed by atoms with van der Waals surface area (Å²) >= 11 is 0. The molecule has 0 saturated heterocycles. The van der Waals surface area contributed by atoms with Crippen LogP contribution in [0.2, 0.25) is 0 Å². The first-order valence-electron chi connectivity index (χ1n) is 14.9. The highest BCUT2D eigenvalue weighted by atomic mass is 32.2. The summed E-state index contributed by atoms with van der Waals surface area (Å²) in [5, 5.41) is 2.98. The zero-order valence-corrected chi connectivity index (χ0v) is 26.6. The molecule has 0 aromatic heterocycles. The van der Waals surface area contributed by atoms with Crippen molar-refractivity contribution >= 4 is 27.5 Å². The maximum Gasteiger partial charge on any atom is 0.264 e. The van der Waals surface area contributed by atoms with Crippen LogP contribution in [-0.2, 0) is 39.0 Å². The van der Waals surface area contributed by atoms with E-state index in [1.807, 2.05) is 94.4 Å². The molecule has 0 unspecified atom stereocenters. The number of carbonyl (C=O) groups is 2. The maximum atomic E-state index is 14.5. The van der Waals surface area contributed by atoms with Crippen LogP contribution in [0.1, 0.15) is 43.0 Å². The number of amides is 2. The summed E-state index contributed by atoms with van der Waals surface area (Å²) in [6, 6.07) is 31.6.